The van der Waals surface area contributed by atoms with Gasteiger partial charge in [0.2, 0.25) is 0 Å². The quantitative estimate of drug-likeness (QED) is 0.488. The molecule has 1 aromatic heterocycles. The zero-order chi connectivity index (χ0) is 23.5. The summed E-state index contributed by atoms with van der Waals surface area (Å²) in [4.78, 5) is 55.9. The van der Waals surface area contributed by atoms with Crippen LogP contribution in [0.3, 0.4) is 0 Å². The molecule has 2 rings (SSSR count). The summed E-state index contributed by atoms with van der Waals surface area (Å²) < 4.78 is 0. The molecule has 0 fully saturated rings. The number of pyridine rings is 1. The fourth-order valence-corrected chi connectivity index (χ4v) is 3.84. The van der Waals surface area contributed by atoms with Gasteiger partial charge in [0.15, 0.2) is 0 Å². The second-order valence-electron chi connectivity index (χ2n) is 8.10. The molecule has 1 aliphatic heterocycles. The number of carbonyl (C=O) groups excluding carboxylic acids is 2. The number of rotatable bonds is 10. The first-order valence-electron chi connectivity index (χ1n) is 10.8. The van der Waals surface area contributed by atoms with Gasteiger partial charge in [0.05, 0.1) is 17.4 Å². The monoisotopic (exact) mass is 448 g/mol. The van der Waals surface area contributed by atoms with Gasteiger partial charge in [-0.3, -0.25) is 24.4 Å². The molecular formula is C22H32N4O6. The molecule has 0 spiro atoms. The zero-order valence-corrected chi connectivity index (χ0v) is 18.4. The van der Waals surface area contributed by atoms with E-state index in [2.05, 4.69) is 9.88 Å². The van der Waals surface area contributed by atoms with Gasteiger partial charge in [-0.1, -0.05) is 6.07 Å². The van der Waals surface area contributed by atoms with E-state index in [0.29, 0.717) is 51.3 Å². The van der Waals surface area contributed by atoms with Crippen molar-refractivity contribution < 1.29 is 29.4 Å². The summed E-state index contributed by atoms with van der Waals surface area (Å²) in [6.45, 7) is 2.95. The van der Waals surface area contributed by atoms with Crippen molar-refractivity contribution in [3.63, 3.8) is 0 Å². The normalized spacial score (nSPS) is 18.7. The SMILES string of the molecule is CN1CCN([C@@H](C=O)CCC=O)Cc2cccc(n2)CN([C@@H](CCC(=O)O)C(=O)O)CC1. The summed E-state index contributed by atoms with van der Waals surface area (Å²) in [5.41, 5.74) is 1.43. The van der Waals surface area contributed by atoms with Crippen LogP contribution >= 0.6 is 0 Å². The molecule has 0 saturated carbocycles. The number of fused-ring (bicyclic) bond motifs is 2. The first-order valence-corrected chi connectivity index (χ1v) is 10.8. The molecule has 0 amide bonds. The Morgan fingerprint density at radius 2 is 1.66 bits per heavy atom. The summed E-state index contributed by atoms with van der Waals surface area (Å²) in [5.74, 6) is -2.07. The predicted molar refractivity (Wildman–Crippen MR) is 116 cm³/mol. The minimum absolute atomic E-state index is 0.0135. The van der Waals surface area contributed by atoms with Crippen LogP contribution in [-0.4, -0.2) is 99.7 Å². The molecule has 1 aromatic rings. The van der Waals surface area contributed by atoms with Crippen LogP contribution in [-0.2, 0) is 32.3 Å². The van der Waals surface area contributed by atoms with Gasteiger partial charge in [-0.2, -0.15) is 0 Å². The maximum atomic E-state index is 11.9. The number of aliphatic carboxylic acids is 2. The van der Waals surface area contributed by atoms with E-state index in [1.807, 2.05) is 30.1 Å². The van der Waals surface area contributed by atoms with E-state index in [0.717, 1.165) is 18.3 Å². The molecule has 0 aromatic carbocycles. The maximum Gasteiger partial charge on any atom is 0.320 e. The van der Waals surface area contributed by atoms with Crippen molar-refractivity contribution in [2.75, 3.05) is 33.2 Å². The Morgan fingerprint density at radius 3 is 2.22 bits per heavy atom. The molecule has 0 aliphatic carbocycles. The standard InChI is InChI=1S/C22H32N4O6/c1-24-9-11-25(19(16-28)6-3-13-27)14-17-4-2-5-18(23-17)15-26(12-10-24)20(22(31)32)7-8-21(29)30/h2,4-5,13,16,19-20H,3,6-12,14-15H2,1H3,(H,29,30)(H,31,32)/t19-,20+/m1/s1. The Kier molecular flexibility index (Phi) is 10.4. The van der Waals surface area contributed by atoms with Gasteiger partial charge >= 0.3 is 11.9 Å². The van der Waals surface area contributed by atoms with Gasteiger partial charge in [0.25, 0.3) is 0 Å². The topological polar surface area (TPSA) is 131 Å². The van der Waals surface area contributed by atoms with Gasteiger partial charge < -0.3 is 24.7 Å². The number of carbonyl (C=O) groups is 4. The smallest absolute Gasteiger partial charge is 0.320 e. The number of likely N-dealkylation sites (N-methyl/N-ethyl adjacent to an activating group) is 1. The van der Waals surface area contributed by atoms with E-state index in [-0.39, 0.29) is 25.4 Å². The molecule has 32 heavy (non-hydrogen) atoms. The number of carboxylic acid groups (broad SMARTS) is 2. The highest BCUT2D eigenvalue weighted by Crippen LogP contribution is 2.16. The molecule has 0 radical (unpaired) electrons. The Bertz CT molecular complexity index is 789. The average molecular weight is 449 g/mol. The minimum atomic E-state index is -1.05. The third kappa shape index (κ3) is 8.10. The predicted octanol–water partition coefficient (Wildman–Crippen LogP) is 0.496. The third-order valence-electron chi connectivity index (χ3n) is 5.70. The van der Waals surface area contributed by atoms with Crippen LogP contribution in [0.15, 0.2) is 18.2 Å². The molecule has 1 aliphatic rings. The molecule has 2 atom stereocenters. The van der Waals surface area contributed by atoms with Crippen molar-refractivity contribution in [1.82, 2.24) is 19.7 Å². The lowest BCUT2D eigenvalue weighted by Gasteiger charge is -2.33. The Morgan fingerprint density at radius 1 is 1.03 bits per heavy atom. The first kappa shape index (κ1) is 25.6. The van der Waals surface area contributed by atoms with Crippen LogP contribution in [0.5, 0.6) is 0 Å². The highest BCUT2D eigenvalue weighted by molar-refractivity contribution is 5.75. The highest BCUT2D eigenvalue weighted by atomic mass is 16.4. The van der Waals surface area contributed by atoms with Crippen molar-refractivity contribution >= 4 is 24.5 Å². The van der Waals surface area contributed by atoms with Crippen LogP contribution in [0.2, 0.25) is 0 Å². The summed E-state index contributed by atoms with van der Waals surface area (Å²) >= 11 is 0. The Hall–Kier alpha value is -2.69. The molecule has 10 nitrogen and oxygen atoms in total. The lowest BCUT2D eigenvalue weighted by atomic mass is 10.1. The van der Waals surface area contributed by atoms with E-state index >= 15 is 0 Å². The highest BCUT2D eigenvalue weighted by Gasteiger charge is 2.28. The molecule has 2 N–H and O–H groups in total. The average Bonchev–Trinajstić information content (AvgIpc) is 2.75. The molecule has 0 unspecified atom stereocenters. The molecular weight excluding hydrogens is 416 g/mol. The number of aromatic nitrogens is 1. The Balaban J connectivity index is 2.29. The van der Waals surface area contributed by atoms with E-state index in [9.17, 15) is 24.3 Å². The van der Waals surface area contributed by atoms with Crippen LogP contribution in [0.1, 0.15) is 37.1 Å². The van der Waals surface area contributed by atoms with Gasteiger partial charge in [-0.15, -0.1) is 0 Å². The van der Waals surface area contributed by atoms with Gasteiger partial charge in [0.1, 0.15) is 18.6 Å². The van der Waals surface area contributed by atoms with Crippen molar-refractivity contribution in [2.45, 2.75) is 50.9 Å². The van der Waals surface area contributed by atoms with E-state index in [4.69, 9.17) is 5.11 Å². The van der Waals surface area contributed by atoms with E-state index in [1.165, 1.54) is 0 Å². The molecule has 10 heteroatoms. The largest absolute Gasteiger partial charge is 0.481 e. The van der Waals surface area contributed by atoms with Crippen molar-refractivity contribution in [3.8, 4) is 0 Å². The second kappa shape index (κ2) is 13.0. The number of hydrogen-bond donors (Lipinski definition) is 2. The number of hydrogen-bond acceptors (Lipinski definition) is 8. The summed E-state index contributed by atoms with van der Waals surface area (Å²) in [5, 5.41) is 18.7. The van der Waals surface area contributed by atoms with Gasteiger partial charge in [0, 0.05) is 52.1 Å². The van der Waals surface area contributed by atoms with Crippen LogP contribution in [0, 0.1) is 0 Å². The Labute approximate surface area is 187 Å². The van der Waals surface area contributed by atoms with Crippen LogP contribution in [0.25, 0.3) is 0 Å². The minimum Gasteiger partial charge on any atom is -0.481 e. The second-order valence-corrected chi connectivity index (χ2v) is 8.10. The lowest BCUT2D eigenvalue weighted by molar-refractivity contribution is -0.145. The van der Waals surface area contributed by atoms with Crippen molar-refractivity contribution in [3.05, 3.63) is 29.6 Å². The molecule has 0 saturated heterocycles. The third-order valence-corrected chi connectivity index (χ3v) is 5.70. The maximum absolute atomic E-state index is 11.9. The number of nitrogens with zero attached hydrogens (tertiary/aromatic N) is 4. The first-order chi connectivity index (χ1) is 15.3. The van der Waals surface area contributed by atoms with Crippen molar-refractivity contribution in [2.24, 2.45) is 0 Å². The lowest BCUT2D eigenvalue weighted by Crippen LogP contribution is -2.46. The van der Waals surface area contributed by atoms with E-state index < -0.39 is 18.0 Å². The molecule has 176 valence electrons. The number of aldehydes is 2. The summed E-state index contributed by atoms with van der Waals surface area (Å²) in [6.07, 6.45) is 2.25. The number of carboxylic acids is 2. The zero-order valence-electron chi connectivity index (χ0n) is 18.4. The van der Waals surface area contributed by atoms with E-state index in [1.54, 1.807) is 4.90 Å². The fraction of sp³-hybridized carbons (Fsp3) is 0.591. The molecule has 2 bridgehead atoms. The van der Waals surface area contributed by atoms with Gasteiger partial charge in [-0.25, -0.2) is 0 Å². The van der Waals surface area contributed by atoms with Crippen LogP contribution in [0.4, 0.5) is 0 Å². The van der Waals surface area contributed by atoms with Gasteiger partial charge in [-0.05, 0) is 32.0 Å². The summed E-state index contributed by atoms with van der Waals surface area (Å²) in [7, 11) is 1.92. The fourth-order valence-electron chi connectivity index (χ4n) is 3.84. The van der Waals surface area contributed by atoms with Crippen molar-refractivity contribution in [1.29, 1.82) is 0 Å². The summed E-state index contributed by atoms with van der Waals surface area (Å²) in [6, 6.07) is 4.21. The molecule has 2 heterocycles. The van der Waals surface area contributed by atoms with Crippen LogP contribution < -0.4 is 0 Å².